The number of thiazole rings is 1. The molecule has 122 valence electrons. The smallest absolute Gasteiger partial charge is 0.265 e. The lowest BCUT2D eigenvalue weighted by Gasteiger charge is -2.34. The highest BCUT2D eigenvalue weighted by Crippen LogP contribution is 2.25. The number of piperidine rings is 1. The summed E-state index contributed by atoms with van der Waals surface area (Å²) < 4.78 is 0. The zero-order chi connectivity index (χ0) is 16.1. The molecule has 3 heterocycles. The van der Waals surface area contributed by atoms with Crippen LogP contribution in [-0.4, -0.2) is 46.5 Å². The van der Waals surface area contributed by atoms with Gasteiger partial charge < -0.3 is 10.2 Å². The van der Waals surface area contributed by atoms with E-state index in [4.69, 9.17) is 0 Å². The van der Waals surface area contributed by atoms with Crippen molar-refractivity contribution in [3.05, 3.63) is 35.5 Å². The van der Waals surface area contributed by atoms with E-state index in [1.807, 2.05) is 23.1 Å². The Hall–Kier alpha value is -1.79. The van der Waals surface area contributed by atoms with Crippen molar-refractivity contribution in [2.24, 2.45) is 0 Å². The molecule has 0 radical (unpaired) electrons. The standard InChI is InChI=1S/C17H22N4OS/c1-2-11-21(13-6-9-18-10-7-13)17(22)15-12-20-16(23-15)14-5-3-4-8-19-14/h3-5,8,12-13,18H,2,6-7,9-11H2,1H3. The van der Waals surface area contributed by atoms with Crippen LogP contribution in [0.4, 0.5) is 0 Å². The first-order valence-corrected chi connectivity index (χ1v) is 9.00. The fourth-order valence-corrected chi connectivity index (χ4v) is 3.78. The second-order valence-corrected chi connectivity index (χ2v) is 6.76. The lowest BCUT2D eigenvalue weighted by molar-refractivity contribution is 0.0647. The molecule has 0 saturated carbocycles. The first kappa shape index (κ1) is 16.1. The summed E-state index contributed by atoms with van der Waals surface area (Å²) in [6, 6.07) is 6.07. The molecule has 2 aromatic rings. The molecular weight excluding hydrogens is 308 g/mol. The fourth-order valence-electron chi connectivity index (χ4n) is 2.93. The molecule has 0 bridgehead atoms. The maximum absolute atomic E-state index is 12.9. The molecule has 0 atom stereocenters. The number of amides is 1. The molecule has 3 rings (SSSR count). The molecule has 1 aliphatic heterocycles. The van der Waals surface area contributed by atoms with Gasteiger partial charge in [0.1, 0.15) is 9.88 Å². The largest absolute Gasteiger partial charge is 0.335 e. The second-order valence-electron chi connectivity index (χ2n) is 5.72. The van der Waals surface area contributed by atoms with Crippen molar-refractivity contribution >= 4 is 17.2 Å². The molecule has 0 aromatic carbocycles. The quantitative estimate of drug-likeness (QED) is 0.916. The summed E-state index contributed by atoms with van der Waals surface area (Å²) in [5.41, 5.74) is 0.820. The summed E-state index contributed by atoms with van der Waals surface area (Å²) in [5, 5.41) is 4.16. The molecule has 6 heteroatoms. The highest BCUT2D eigenvalue weighted by atomic mass is 32.1. The average Bonchev–Trinajstić information content (AvgIpc) is 3.11. The van der Waals surface area contributed by atoms with Gasteiger partial charge in [0.15, 0.2) is 0 Å². The van der Waals surface area contributed by atoms with Crippen LogP contribution in [0.25, 0.3) is 10.7 Å². The van der Waals surface area contributed by atoms with Gasteiger partial charge in [-0.2, -0.15) is 0 Å². The van der Waals surface area contributed by atoms with Crippen LogP contribution in [0.5, 0.6) is 0 Å². The van der Waals surface area contributed by atoms with Crippen molar-refractivity contribution < 1.29 is 4.79 Å². The molecule has 0 spiro atoms. The summed E-state index contributed by atoms with van der Waals surface area (Å²) in [7, 11) is 0. The molecule has 1 amide bonds. The van der Waals surface area contributed by atoms with Gasteiger partial charge >= 0.3 is 0 Å². The molecule has 1 aliphatic rings. The van der Waals surface area contributed by atoms with Crippen LogP contribution in [0.2, 0.25) is 0 Å². The van der Waals surface area contributed by atoms with E-state index in [9.17, 15) is 4.79 Å². The van der Waals surface area contributed by atoms with Crippen LogP contribution in [-0.2, 0) is 0 Å². The third kappa shape index (κ3) is 3.76. The Labute approximate surface area is 140 Å². The topological polar surface area (TPSA) is 58.1 Å². The summed E-state index contributed by atoms with van der Waals surface area (Å²) in [5.74, 6) is 0.110. The van der Waals surface area contributed by atoms with E-state index in [2.05, 4.69) is 22.2 Å². The molecule has 0 aliphatic carbocycles. The number of rotatable bonds is 5. The predicted octanol–water partition coefficient (Wildman–Crippen LogP) is 2.81. The van der Waals surface area contributed by atoms with Gasteiger partial charge in [-0.15, -0.1) is 11.3 Å². The monoisotopic (exact) mass is 330 g/mol. The second kappa shape index (κ2) is 7.66. The van der Waals surface area contributed by atoms with Crippen LogP contribution in [0, 0.1) is 0 Å². The van der Waals surface area contributed by atoms with E-state index in [-0.39, 0.29) is 5.91 Å². The van der Waals surface area contributed by atoms with Gasteiger partial charge in [-0.3, -0.25) is 9.78 Å². The molecule has 0 unspecified atom stereocenters. The SMILES string of the molecule is CCCN(C(=O)c1cnc(-c2ccccn2)s1)C1CCNCC1. The maximum Gasteiger partial charge on any atom is 0.265 e. The first-order valence-electron chi connectivity index (χ1n) is 8.18. The average molecular weight is 330 g/mol. The zero-order valence-electron chi connectivity index (χ0n) is 13.4. The van der Waals surface area contributed by atoms with Crippen LogP contribution in [0.1, 0.15) is 35.9 Å². The minimum Gasteiger partial charge on any atom is -0.335 e. The van der Waals surface area contributed by atoms with E-state index in [1.54, 1.807) is 12.4 Å². The number of carbonyl (C=O) groups excluding carboxylic acids is 1. The van der Waals surface area contributed by atoms with Crippen LogP contribution in [0.15, 0.2) is 30.6 Å². The number of carbonyl (C=O) groups is 1. The van der Waals surface area contributed by atoms with Crippen molar-refractivity contribution in [3.63, 3.8) is 0 Å². The lowest BCUT2D eigenvalue weighted by atomic mass is 10.0. The molecule has 1 fully saturated rings. The van der Waals surface area contributed by atoms with Crippen LogP contribution >= 0.6 is 11.3 Å². The number of aromatic nitrogens is 2. The number of hydrogen-bond acceptors (Lipinski definition) is 5. The van der Waals surface area contributed by atoms with Gasteiger partial charge in [-0.05, 0) is 44.5 Å². The van der Waals surface area contributed by atoms with Gasteiger partial charge in [0, 0.05) is 18.8 Å². The van der Waals surface area contributed by atoms with Gasteiger partial charge in [-0.25, -0.2) is 4.98 Å². The zero-order valence-corrected chi connectivity index (χ0v) is 14.2. The number of nitrogens with one attached hydrogen (secondary N) is 1. The minimum atomic E-state index is 0.110. The van der Waals surface area contributed by atoms with E-state index < -0.39 is 0 Å². The van der Waals surface area contributed by atoms with Gasteiger partial charge in [-0.1, -0.05) is 13.0 Å². The Balaban J connectivity index is 1.78. The maximum atomic E-state index is 12.9. The van der Waals surface area contributed by atoms with Crippen molar-refractivity contribution in [1.82, 2.24) is 20.2 Å². The number of nitrogens with zero attached hydrogens (tertiary/aromatic N) is 3. The molecule has 1 N–H and O–H groups in total. The molecular formula is C17H22N4OS. The van der Waals surface area contributed by atoms with Gasteiger partial charge in [0.05, 0.1) is 11.9 Å². The van der Waals surface area contributed by atoms with Crippen LogP contribution < -0.4 is 5.32 Å². The van der Waals surface area contributed by atoms with E-state index in [1.165, 1.54) is 11.3 Å². The molecule has 23 heavy (non-hydrogen) atoms. The van der Waals surface area contributed by atoms with E-state index in [0.717, 1.165) is 49.6 Å². The fraction of sp³-hybridized carbons (Fsp3) is 0.471. The summed E-state index contributed by atoms with van der Waals surface area (Å²) in [4.78, 5) is 24.4. The number of pyridine rings is 1. The van der Waals surface area contributed by atoms with Gasteiger partial charge in [0.2, 0.25) is 0 Å². The summed E-state index contributed by atoms with van der Waals surface area (Å²) in [6.07, 6.45) is 6.47. The minimum absolute atomic E-state index is 0.110. The Morgan fingerprint density at radius 1 is 1.35 bits per heavy atom. The van der Waals surface area contributed by atoms with Crippen molar-refractivity contribution in [2.45, 2.75) is 32.2 Å². The first-order chi connectivity index (χ1) is 11.3. The highest BCUT2D eigenvalue weighted by molar-refractivity contribution is 7.16. The van der Waals surface area contributed by atoms with E-state index in [0.29, 0.717) is 10.9 Å². The van der Waals surface area contributed by atoms with Crippen molar-refractivity contribution in [1.29, 1.82) is 0 Å². The van der Waals surface area contributed by atoms with Gasteiger partial charge in [0.25, 0.3) is 5.91 Å². The third-order valence-corrected chi connectivity index (χ3v) is 5.08. The normalized spacial score (nSPS) is 15.5. The van der Waals surface area contributed by atoms with Crippen molar-refractivity contribution in [3.8, 4) is 10.7 Å². The number of hydrogen-bond donors (Lipinski definition) is 1. The summed E-state index contributed by atoms with van der Waals surface area (Å²) in [6.45, 7) is 4.90. The Morgan fingerprint density at radius 3 is 2.87 bits per heavy atom. The lowest BCUT2D eigenvalue weighted by Crippen LogP contribution is -2.46. The summed E-state index contributed by atoms with van der Waals surface area (Å²) >= 11 is 1.43. The highest BCUT2D eigenvalue weighted by Gasteiger charge is 2.27. The molecule has 2 aromatic heterocycles. The Morgan fingerprint density at radius 2 is 2.17 bits per heavy atom. The van der Waals surface area contributed by atoms with Crippen molar-refractivity contribution in [2.75, 3.05) is 19.6 Å². The van der Waals surface area contributed by atoms with E-state index >= 15 is 0 Å². The Bertz CT molecular complexity index is 637. The third-order valence-electron chi connectivity index (χ3n) is 4.08. The molecule has 1 saturated heterocycles. The molecule has 5 nitrogen and oxygen atoms in total. The predicted molar refractivity (Wildman–Crippen MR) is 92.6 cm³/mol. The Kier molecular flexibility index (Phi) is 5.35. The van der Waals surface area contributed by atoms with Crippen LogP contribution in [0.3, 0.4) is 0 Å².